The van der Waals surface area contributed by atoms with Gasteiger partial charge in [-0.05, 0) is 13.0 Å². The molecule has 1 aromatic heterocycles. The molecule has 0 amide bonds. The molecular weight excluding hydrogens is 226 g/mol. The zero-order valence-electron chi connectivity index (χ0n) is 10.9. The fourth-order valence-corrected chi connectivity index (χ4v) is 1.90. The summed E-state index contributed by atoms with van der Waals surface area (Å²) in [5.41, 5.74) is 2.45. The van der Waals surface area contributed by atoms with Gasteiger partial charge in [0.1, 0.15) is 5.75 Å². The van der Waals surface area contributed by atoms with E-state index in [9.17, 15) is 0 Å². The summed E-state index contributed by atoms with van der Waals surface area (Å²) in [6.45, 7) is 4.75. The minimum absolute atomic E-state index is 0.819. The number of aromatic nitrogens is 2. The summed E-state index contributed by atoms with van der Waals surface area (Å²) in [6, 6.07) is 6.24. The number of nitrogens with one attached hydrogen (secondary N) is 1. The lowest BCUT2D eigenvalue weighted by molar-refractivity contribution is 0.407. The predicted molar refractivity (Wildman–Crippen MR) is 71.7 cm³/mol. The third-order valence-corrected chi connectivity index (χ3v) is 2.86. The highest BCUT2D eigenvalue weighted by Gasteiger charge is 2.02. The van der Waals surface area contributed by atoms with Gasteiger partial charge in [-0.15, -0.1) is 0 Å². The molecule has 0 aliphatic heterocycles. The van der Waals surface area contributed by atoms with Crippen LogP contribution in [0, 0.1) is 6.92 Å². The van der Waals surface area contributed by atoms with E-state index in [1.165, 1.54) is 11.1 Å². The first-order valence-corrected chi connectivity index (χ1v) is 6.09. The maximum atomic E-state index is 5.35. The fraction of sp³-hybridized carbons (Fsp3) is 0.357. The van der Waals surface area contributed by atoms with Crippen molar-refractivity contribution in [1.82, 2.24) is 14.9 Å². The number of imidazole rings is 1. The number of rotatable bonds is 6. The van der Waals surface area contributed by atoms with Crippen LogP contribution >= 0.6 is 0 Å². The van der Waals surface area contributed by atoms with Crippen LogP contribution in [0.15, 0.2) is 36.9 Å². The second-order valence-electron chi connectivity index (χ2n) is 4.29. The highest BCUT2D eigenvalue weighted by Crippen LogP contribution is 2.19. The average molecular weight is 245 g/mol. The monoisotopic (exact) mass is 245 g/mol. The van der Waals surface area contributed by atoms with E-state index in [2.05, 4.69) is 33.9 Å². The molecule has 1 heterocycles. The number of methoxy groups -OCH3 is 1. The Balaban J connectivity index is 1.84. The standard InChI is InChI=1S/C14H19N3O/c1-12-3-4-14(18-2)13(9-12)10-15-5-7-17-8-6-16-11-17/h3-4,6,8-9,11,15H,5,7,10H2,1-2H3. The summed E-state index contributed by atoms with van der Waals surface area (Å²) in [5, 5.41) is 3.41. The minimum atomic E-state index is 0.819. The SMILES string of the molecule is COc1ccc(C)cc1CNCCn1ccnc1. The van der Waals surface area contributed by atoms with Gasteiger partial charge in [0.2, 0.25) is 0 Å². The van der Waals surface area contributed by atoms with E-state index in [1.54, 1.807) is 13.3 Å². The van der Waals surface area contributed by atoms with Gasteiger partial charge >= 0.3 is 0 Å². The Morgan fingerprint density at radius 3 is 3.00 bits per heavy atom. The zero-order valence-corrected chi connectivity index (χ0v) is 10.9. The van der Waals surface area contributed by atoms with Crippen molar-refractivity contribution in [1.29, 1.82) is 0 Å². The molecule has 2 aromatic rings. The Hall–Kier alpha value is -1.81. The molecular formula is C14H19N3O. The van der Waals surface area contributed by atoms with E-state index in [4.69, 9.17) is 4.74 Å². The van der Waals surface area contributed by atoms with Gasteiger partial charge in [-0.1, -0.05) is 17.7 Å². The molecule has 0 aliphatic rings. The molecule has 4 heteroatoms. The summed E-state index contributed by atoms with van der Waals surface area (Å²) >= 11 is 0. The van der Waals surface area contributed by atoms with Gasteiger partial charge in [-0.3, -0.25) is 0 Å². The van der Waals surface area contributed by atoms with E-state index in [0.29, 0.717) is 0 Å². The Bertz CT molecular complexity index is 480. The predicted octanol–water partition coefficient (Wildman–Crippen LogP) is 1.99. The van der Waals surface area contributed by atoms with Gasteiger partial charge in [-0.2, -0.15) is 0 Å². The van der Waals surface area contributed by atoms with Crippen LogP contribution < -0.4 is 10.1 Å². The van der Waals surface area contributed by atoms with Crippen molar-refractivity contribution in [3.8, 4) is 5.75 Å². The molecule has 0 atom stereocenters. The molecule has 0 bridgehead atoms. The van der Waals surface area contributed by atoms with Crippen LogP contribution in [-0.2, 0) is 13.1 Å². The number of hydrogen-bond acceptors (Lipinski definition) is 3. The second kappa shape index (κ2) is 6.21. The van der Waals surface area contributed by atoms with Gasteiger partial charge in [0, 0.05) is 37.6 Å². The molecule has 1 N–H and O–H groups in total. The van der Waals surface area contributed by atoms with E-state index in [-0.39, 0.29) is 0 Å². The lowest BCUT2D eigenvalue weighted by Crippen LogP contribution is -2.19. The van der Waals surface area contributed by atoms with Gasteiger partial charge < -0.3 is 14.6 Å². The summed E-state index contributed by atoms with van der Waals surface area (Å²) in [5.74, 6) is 0.940. The minimum Gasteiger partial charge on any atom is -0.496 e. The van der Waals surface area contributed by atoms with Crippen LogP contribution in [0.5, 0.6) is 5.75 Å². The van der Waals surface area contributed by atoms with Crippen LogP contribution in [-0.4, -0.2) is 23.2 Å². The van der Waals surface area contributed by atoms with Crippen LogP contribution in [0.3, 0.4) is 0 Å². The van der Waals surface area contributed by atoms with Gasteiger partial charge in [-0.25, -0.2) is 4.98 Å². The largest absolute Gasteiger partial charge is 0.496 e. The number of aryl methyl sites for hydroxylation is 1. The molecule has 4 nitrogen and oxygen atoms in total. The van der Waals surface area contributed by atoms with E-state index < -0.39 is 0 Å². The maximum absolute atomic E-state index is 5.35. The molecule has 18 heavy (non-hydrogen) atoms. The first kappa shape index (κ1) is 12.6. The molecule has 0 radical (unpaired) electrons. The van der Waals surface area contributed by atoms with Crippen LogP contribution in [0.1, 0.15) is 11.1 Å². The smallest absolute Gasteiger partial charge is 0.123 e. The quantitative estimate of drug-likeness (QED) is 0.791. The van der Waals surface area contributed by atoms with Crippen molar-refractivity contribution in [3.05, 3.63) is 48.0 Å². The summed E-state index contributed by atoms with van der Waals surface area (Å²) in [6.07, 6.45) is 5.59. The lowest BCUT2D eigenvalue weighted by atomic mass is 10.1. The Labute approximate surface area is 108 Å². The van der Waals surface area contributed by atoms with Crippen molar-refractivity contribution >= 4 is 0 Å². The van der Waals surface area contributed by atoms with Gasteiger partial charge in [0.15, 0.2) is 0 Å². The topological polar surface area (TPSA) is 39.1 Å². The molecule has 0 fully saturated rings. The molecule has 0 saturated carbocycles. The average Bonchev–Trinajstić information content (AvgIpc) is 2.88. The Kier molecular flexibility index (Phi) is 4.36. The zero-order chi connectivity index (χ0) is 12.8. The first-order chi connectivity index (χ1) is 8.79. The van der Waals surface area contributed by atoms with Crippen molar-refractivity contribution in [2.45, 2.75) is 20.0 Å². The molecule has 0 spiro atoms. The Morgan fingerprint density at radius 1 is 1.39 bits per heavy atom. The number of ether oxygens (including phenoxy) is 1. The molecule has 96 valence electrons. The van der Waals surface area contributed by atoms with E-state index >= 15 is 0 Å². The van der Waals surface area contributed by atoms with Crippen molar-refractivity contribution in [2.24, 2.45) is 0 Å². The fourth-order valence-electron chi connectivity index (χ4n) is 1.90. The second-order valence-corrected chi connectivity index (χ2v) is 4.29. The van der Waals surface area contributed by atoms with Gasteiger partial charge in [0.05, 0.1) is 13.4 Å². The summed E-state index contributed by atoms with van der Waals surface area (Å²) < 4.78 is 7.40. The third kappa shape index (κ3) is 3.34. The van der Waals surface area contributed by atoms with E-state index in [0.717, 1.165) is 25.4 Å². The number of nitrogens with zero attached hydrogens (tertiary/aromatic N) is 2. The highest BCUT2D eigenvalue weighted by atomic mass is 16.5. The van der Waals surface area contributed by atoms with Crippen molar-refractivity contribution in [2.75, 3.05) is 13.7 Å². The van der Waals surface area contributed by atoms with Crippen molar-refractivity contribution in [3.63, 3.8) is 0 Å². The van der Waals surface area contributed by atoms with Gasteiger partial charge in [0.25, 0.3) is 0 Å². The number of benzene rings is 1. The third-order valence-electron chi connectivity index (χ3n) is 2.86. The summed E-state index contributed by atoms with van der Waals surface area (Å²) in [7, 11) is 1.71. The normalized spacial score (nSPS) is 10.6. The first-order valence-electron chi connectivity index (χ1n) is 6.09. The molecule has 2 rings (SSSR count). The number of hydrogen-bond donors (Lipinski definition) is 1. The maximum Gasteiger partial charge on any atom is 0.123 e. The summed E-state index contributed by atoms with van der Waals surface area (Å²) in [4.78, 5) is 4.01. The molecule has 0 unspecified atom stereocenters. The lowest BCUT2D eigenvalue weighted by Gasteiger charge is -2.10. The molecule has 1 aromatic carbocycles. The molecule has 0 aliphatic carbocycles. The van der Waals surface area contributed by atoms with Crippen LogP contribution in [0.2, 0.25) is 0 Å². The van der Waals surface area contributed by atoms with Crippen molar-refractivity contribution < 1.29 is 4.74 Å². The highest BCUT2D eigenvalue weighted by molar-refractivity contribution is 5.36. The van der Waals surface area contributed by atoms with Crippen LogP contribution in [0.25, 0.3) is 0 Å². The van der Waals surface area contributed by atoms with E-state index in [1.807, 2.05) is 18.6 Å². The molecule has 0 saturated heterocycles. The van der Waals surface area contributed by atoms with Crippen LogP contribution in [0.4, 0.5) is 0 Å². The Morgan fingerprint density at radius 2 is 2.28 bits per heavy atom.